The summed E-state index contributed by atoms with van der Waals surface area (Å²) >= 11 is 0. The Morgan fingerprint density at radius 3 is 1.20 bits per heavy atom. The Labute approximate surface area is 748 Å². The summed E-state index contributed by atoms with van der Waals surface area (Å²) in [5, 5.41) is 118. The van der Waals surface area contributed by atoms with Crippen molar-refractivity contribution in [2.24, 2.45) is 11.0 Å². The summed E-state index contributed by atoms with van der Waals surface area (Å²) in [5.41, 5.74) is 9.49. The number of amides is 8. The van der Waals surface area contributed by atoms with Gasteiger partial charge in [-0.25, -0.2) is 10.1 Å². The van der Waals surface area contributed by atoms with Crippen molar-refractivity contribution < 1.29 is 141 Å². The number of likely N-dealkylation sites (tertiary alicyclic amines) is 1. The fraction of sp³-hybridized carbons (Fsp3) is 0.826. The molecule has 4 heterocycles. The van der Waals surface area contributed by atoms with Gasteiger partial charge >= 0.3 is 8.25 Å². The minimum atomic E-state index is -2.54. The molecule has 0 aromatic carbocycles. The van der Waals surface area contributed by atoms with Gasteiger partial charge in [-0.3, -0.25) is 38.4 Å². The van der Waals surface area contributed by atoms with E-state index in [1.807, 2.05) is 6.20 Å². The maximum Gasteiger partial charge on any atom is 0.367 e. The number of carbonyl (C=O) groups is 8. The number of carbonyl (C=O) groups excluding carboxylic acids is 8. The van der Waals surface area contributed by atoms with E-state index in [0.717, 1.165) is 90.0 Å². The number of nitrogens with one attached hydrogen (secondary N) is 9. The quantitative estimate of drug-likeness (QED) is 0.0104. The number of allylic oxidation sites excluding steroid dienone is 3. The van der Waals surface area contributed by atoms with Crippen molar-refractivity contribution in [2.75, 3.05) is 125 Å². The Morgan fingerprint density at radius 1 is 0.480 bits per heavy atom. The molecule has 4 rings (SSSR count). The lowest BCUT2D eigenvalue weighted by atomic mass is 9.93. The van der Waals surface area contributed by atoms with Crippen LogP contribution in [0.25, 0.3) is 0 Å². The van der Waals surface area contributed by atoms with Crippen LogP contribution in [0.2, 0.25) is 0 Å². The summed E-state index contributed by atoms with van der Waals surface area (Å²) in [6.07, 6.45) is 12.8. The Kier molecular flexibility index (Phi) is 60.8. The summed E-state index contributed by atoms with van der Waals surface area (Å²) in [7, 11) is -2.54. The van der Waals surface area contributed by atoms with Crippen molar-refractivity contribution in [1.29, 1.82) is 5.53 Å². The van der Waals surface area contributed by atoms with E-state index < -0.39 is 149 Å². The minimum Gasteiger partial charge on any atom is -0.434 e. The van der Waals surface area contributed by atoms with Gasteiger partial charge in [-0.1, -0.05) is 103 Å². The number of ether oxygens (including phenoxy) is 9. The van der Waals surface area contributed by atoms with Gasteiger partial charge in [-0.2, -0.15) is 5.11 Å². The van der Waals surface area contributed by atoms with Crippen molar-refractivity contribution in [1.82, 2.24) is 47.4 Å². The van der Waals surface area contributed by atoms with E-state index in [1.54, 1.807) is 17.1 Å². The molecule has 18 N–H and O–H groups in total. The van der Waals surface area contributed by atoms with E-state index in [4.69, 9.17) is 57.2 Å². The smallest absolute Gasteiger partial charge is 0.367 e. The Balaban J connectivity index is 1.32. The van der Waals surface area contributed by atoms with Crippen LogP contribution in [0.1, 0.15) is 226 Å². The lowest BCUT2D eigenvalue weighted by molar-refractivity contribution is -0.270. The van der Waals surface area contributed by atoms with Crippen LogP contribution in [-0.2, 0) is 94.6 Å². The van der Waals surface area contributed by atoms with Crippen LogP contribution in [0.15, 0.2) is 47.7 Å². The van der Waals surface area contributed by atoms with Crippen molar-refractivity contribution in [3.05, 3.63) is 42.6 Å². The monoisotopic (exact) mass is 1830 g/mol. The Hall–Kier alpha value is -6.57. The second kappa shape index (κ2) is 68.5. The molecule has 0 aliphatic carbocycles. The molecule has 4 fully saturated rings. The Morgan fingerprint density at radius 2 is 0.835 bits per heavy atom. The van der Waals surface area contributed by atoms with Gasteiger partial charge in [-0.05, 0) is 95.6 Å². The largest absolute Gasteiger partial charge is 0.434 e. The molecule has 4 saturated heterocycles. The first-order chi connectivity index (χ1) is 61.3. The van der Waals surface area contributed by atoms with Gasteiger partial charge in [0.2, 0.25) is 47.3 Å². The molecule has 0 saturated carbocycles. The summed E-state index contributed by atoms with van der Waals surface area (Å²) in [4.78, 5) is 105. The van der Waals surface area contributed by atoms with Crippen LogP contribution in [0.5, 0.6) is 0 Å². The van der Waals surface area contributed by atoms with Crippen molar-refractivity contribution in [2.45, 2.75) is 324 Å². The molecule has 730 valence electrons. The summed E-state index contributed by atoms with van der Waals surface area (Å²) in [6, 6.07) is -3.19. The van der Waals surface area contributed by atoms with Crippen LogP contribution in [0.3, 0.4) is 0 Å². The molecule has 16 atom stereocenters. The fourth-order valence-corrected chi connectivity index (χ4v) is 15.4. The van der Waals surface area contributed by atoms with Gasteiger partial charge in [0.25, 0.3) is 0 Å². The standard InChI is InChI=1S/C86H152N11O29P/c1-5-6-28-49-122-127(115)123-50-32-18-10-8-7-9-12-22-33-65(96-87)54-88-40-24-14-11-13-23-34-72(107)97-44-35-64(36-45-97)82(114)95-86(58-116-51-37-69(104)89-41-25-15-19-29-46-119-83-73(92-61(2)101)79(111)76(108)66(55-98)124-83,59-117-52-38-70(105)90-42-26-16-20-30-47-120-84-74(93-62(3)102)80(112)77(109)67(56-99)125-84)60-118-53-39-71(106)91-43-27-17-21-31-48-121-85-75(94-63(4)103)81(113)78(110)68(57-100)126-85/h6,28,49,54,64,66-68,73-81,83-85,87-88,98-100,108-113,127H,1,7-27,29-48,50-53,55-60H2,2-4H3,(H,89,104)(H,90,105)(H,91,106)(H,92,101)(H,93,102)(H,94,103)(H,95,114)/b49-28+,65-54-,96-87?. The summed E-state index contributed by atoms with van der Waals surface area (Å²) < 4.78 is 75.0. The zero-order valence-electron chi connectivity index (χ0n) is 74.9. The van der Waals surface area contributed by atoms with E-state index in [2.05, 4.69) is 60.0 Å². The summed E-state index contributed by atoms with van der Waals surface area (Å²) in [6.45, 7) is 7.87. The van der Waals surface area contributed by atoms with Gasteiger partial charge in [0, 0.05) is 118 Å². The third-order valence-corrected chi connectivity index (χ3v) is 22.8. The highest BCUT2D eigenvalue weighted by Gasteiger charge is 2.48. The molecule has 0 aromatic rings. The van der Waals surface area contributed by atoms with Crippen LogP contribution in [0, 0.1) is 11.4 Å². The lowest BCUT2D eigenvalue weighted by Gasteiger charge is -2.42. The first kappa shape index (κ1) is 113. The predicted octanol–water partition coefficient (Wildman–Crippen LogP) is 2.80. The van der Waals surface area contributed by atoms with E-state index in [-0.39, 0.29) is 108 Å². The van der Waals surface area contributed by atoms with Crippen molar-refractivity contribution in [3.63, 3.8) is 0 Å². The van der Waals surface area contributed by atoms with E-state index in [9.17, 15) is 88.9 Å². The van der Waals surface area contributed by atoms with Gasteiger partial charge in [0.15, 0.2) is 18.9 Å². The van der Waals surface area contributed by atoms with E-state index in [0.29, 0.717) is 148 Å². The molecule has 41 heteroatoms. The van der Waals surface area contributed by atoms with Crippen LogP contribution < -0.4 is 42.5 Å². The maximum absolute atomic E-state index is 14.7. The highest BCUT2D eigenvalue weighted by molar-refractivity contribution is 7.33. The van der Waals surface area contributed by atoms with Gasteiger partial charge in [0.1, 0.15) is 78.6 Å². The van der Waals surface area contributed by atoms with Crippen molar-refractivity contribution in [3.8, 4) is 0 Å². The molecule has 0 radical (unpaired) electrons. The third kappa shape index (κ3) is 47.9. The molecule has 16 unspecified atom stereocenters. The summed E-state index contributed by atoms with van der Waals surface area (Å²) in [5.74, 6) is -3.23. The van der Waals surface area contributed by atoms with Gasteiger partial charge < -0.3 is 145 Å². The molecule has 40 nitrogen and oxygen atoms in total. The molecule has 0 bridgehead atoms. The number of unbranched alkanes of at least 4 members (excludes halogenated alkanes) is 20. The zero-order valence-corrected chi connectivity index (χ0v) is 75.9. The average molecular weight is 1840 g/mol. The van der Waals surface area contributed by atoms with E-state index >= 15 is 0 Å². The molecular weight excluding hydrogens is 1680 g/mol. The lowest BCUT2D eigenvalue weighted by Crippen LogP contribution is -2.64. The average Bonchev–Trinajstić information content (AvgIpc) is 0.832. The molecule has 0 spiro atoms. The third-order valence-electron chi connectivity index (χ3n) is 22.1. The second-order valence-corrected chi connectivity index (χ2v) is 33.8. The first-order valence-corrected chi connectivity index (χ1v) is 46.8. The fourth-order valence-electron chi connectivity index (χ4n) is 14.8. The van der Waals surface area contributed by atoms with Gasteiger partial charge in [-0.15, -0.1) is 5.73 Å². The Bertz CT molecular complexity index is 3030. The number of aliphatic hydroxyl groups excluding tert-OH is 9. The molecule has 8 amide bonds. The zero-order chi connectivity index (χ0) is 92.8. The van der Waals surface area contributed by atoms with Crippen LogP contribution in [-0.4, -0.2) is 321 Å². The number of piperidine rings is 1. The predicted molar refractivity (Wildman–Crippen MR) is 464 cm³/mol. The minimum absolute atomic E-state index is 0.00762. The molecule has 0 aromatic heterocycles. The van der Waals surface area contributed by atoms with E-state index in [1.165, 1.54) is 27.0 Å². The normalized spacial score (nSPS) is 24.0. The highest BCUT2D eigenvalue weighted by Crippen LogP contribution is 2.29. The molecule has 127 heavy (non-hydrogen) atoms. The molecule has 4 aliphatic heterocycles. The SMILES string of the molecule is C=C=C/C=C/O[PH](=O)OCCCCCCCCCC/C(=C/NCCCCCCCC(=O)N1CCC(C(=O)NC(COCCC(=O)NCCCCCCOC2OC(CO)C(O)C(O)C2NC(C)=O)(COCCC(=O)NCCCCCCOC2OC(CO)C(O)C(O)C2NC(C)=O)COCCC(=O)NCCCCCCOC2OC(CO)C(O)C(O)C2NC(C)=O)CC1)N=N. The molecular formula is C86H152N11O29P. The number of hydrogen-bond acceptors (Lipinski definition) is 32. The topological polar surface area (TPSA) is 573 Å². The second-order valence-electron chi connectivity index (χ2n) is 32.7. The van der Waals surface area contributed by atoms with Crippen LogP contribution in [0.4, 0.5) is 0 Å². The number of nitrogens with zero attached hydrogens (tertiary/aromatic N) is 2. The van der Waals surface area contributed by atoms with Gasteiger partial charge in [0.05, 0.1) is 78.0 Å². The van der Waals surface area contributed by atoms with Crippen molar-refractivity contribution >= 4 is 55.5 Å². The number of rotatable bonds is 72. The maximum atomic E-state index is 14.7. The number of aliphatic hydroxyl groups is 9. The first-order valence-electron chi connectivity index (χ1n) is 45.6. The molecule has 4 aliphatic rings. The number of hydrogen-bond donors (Lipinski definition) is 18. The van der Waals surface area contributed by atoms with Crippen LogP contribution >= 0.6 is 8.25 Å². The highest BCUT2D eigenvalue weighted by atomic mass is 31.1.